The van der Waals surface area contributed by atoms with E-state index in [2.05, 4.69) is 12.2 Å². The van der Waals surface area contributed by atoms with Crippen molar-refractivity contribution in [3.05, 3.63) is 12.2 Å². The molecule has 0 aromatic carbocycles. The Morgan fingerprint density at radius 1 is 0.759 bits per heavy atom. The minimum atomic E-state index is -0.431. The molecule has 0 radical (unpaired) electrons. The van der Waals surface area contributed by atoms with E-state index in [1.54, 1.807) is 0 Å². The highest BCUT2D eigenvalue weighted by Crippen LogP contribution is 2.67. The minimum absolute atomic E-state index is 0.00162. The van der Waals surface area contributed by atoms with E-state index in [0.717, 1.165) is 55.3 Å². The van der Waals surface area contributed by atoms with Crippen molar-refractivity contribution < 1.29 is 19.1 Å². The molecule has 6 rings (SSSR count). The van der Waals surface area contributed by atoms with E-state index < -0.39 is 5.60 Å². The number of allylic oxidation sites excluding steroid dienone is 2. The smallest absolute Gasteiger partial charge is 0.309 e. The Kier molecular flexibility index (Phi) is 3.88. The van der Waals surface area contributed by atoms with Crippen LogP contribution in [0.5, 0.6) is 0 Å². The second-order valence-corrected chi connectivity index (χ2v) is 11.9. The van der Waals surface area contributed by atoms with Gasteiger partial charge in [-0.3, -0.25) is 9.59 Å². The zero-order chi connectivity index (χ0) is 20.1. The quantitative estimate of drug-likeness (QED) is 0.402. The van der Waals surface area contributed by atoms with E-state index in [4.69, 9.17) is 9.47 Å². The number of ether oxygens (including phenoxy) is 2. The van der Waals surface area contributed by atoms with Crippen molar-refractivity contribution in [1.82, 2.24) is 0 Å². The Morgan fingerprint density at radius 2 is 1.48 bits per heavy atom. The SMILES string of the molecule is CC(C)(C)OC(=O)C1CC2CC1CC2OC(=O)C1CC2CC1C1C3C=CC(C3)C21. The lowest BCUT2D eigenvalue weighted by Crippen LogP contribution is -2.38. The van der Waals surface area contributed by atoms with Gasteiger partial charge in [0.1, 0.15) is 11.7 Å². The summed E-state index contributed by atoms with van der Waals surface area (Å²) in [5.74, 6) is 5.27. The maximum atomic E-state index is 13.1. The zero-order valence-electron chi connectivity index (χ0n) is 17.9. The summed E-state index contributed by atoms with van der Waals surface area (Å²) < 4.78 is 11.7. The van der Waals surface area contributed by atoms with Crippen molar-refractivity contribution >= 4 is 11.9 Å². The summed E-state index contributed by atoms with van der Waals surface area (Å²) in [5, 5.41) is 0. The van der Waals surface area contributed by atoms with Gasteiger partial charge in [0, 0.05) is 0 Å². The number of hydrogen-bond donors (Lipinski definition) is 0. The van der Waals surface area contributed by atoms with E-state index in [1.807, 2.05) is 20.8 Å². The van der Waals surface area contributed by atoms with Gasteiger partial charge in [-0.2, -0.15) is 0 Å². The van der Waals surface area contributed by atoms with E-state index in [-0.39, 0.29) is 29.9 Å². The summed E-state index contributed by atoms with van der Waals surface area (Å²) in [6.45, 7) is 5.78. The normalized spacial score (nSPS) is 50.9. The number of hydrogen-bond acceptors (Lipinski definition) is 4. The minimum Gasteiger partial charge on any atom is -0.462 e. The lowest BCUT2D eigenvalue weighted by molar-refractivity contribution is -0.165. The molecular weight excluding hydrogens is 364 g/mol. The van der Waals surface area contributed by atoms with Gasteiger partial charge in [0.2, 0.25) is 0 Å². The maximum Gasteiger partial charge on any atom is 0.309 e. The van der Waals surface area contributed by atoms with Crippen molar-refractivity contribution in [1.29, 1.82) is 0 Å². The van der Waals surface area contributed by atoms with Crippen molar-refractivity contribution in [2.75, 3.05) is 0 Å². The molecule has 6 aliphatic carbocycles. The van der Waals surface area contributed by atoms with Crippen LogP contribution in [-0.2, 0) is 19.1 Å². The summed E-state index contributed by atoms with van der Waals surface area (Å²) in [4.78, 5) is 25.6. The highest BCUT2D eigenvalue weighted by molar-refractivity contribution is 5.75. The molecule has 0 N–H and O–H groups in total. The van der Waals surface area contributed by atoms with Gasteiger partial charge >= 0.3 is 11.9 Å². The summed E-state index contributed by atoms with van der Waals surface area (Å²) in [6.07, 6.45) is 11.2. The molecule has 5 saturated carbocycles. The molecule has 5 fully saturated rings. The molecule has 0 aromatic rings. The van der Waals surface area contributed by atoms with Gasteiger partial charge in [-0.15, -0.1) is 0 Å². The molecule has 6 aliphatic rings. The summed E-state index contributed by atoms with van der Waals surface area (Å²) in [5.41, 5.74) is -0.431. The second-order valence-electron chi connectivity index (χ2n) is 11.9. The van der Waals surface area contributed by atoms with Gasteiger partial charge in [-0.1, -0.05) is 12.2 Å². The Balaban J connectivity index is 1.07. The summed E-state index contributed by atoms with van der Waals surface area (Å²) >= 11 is 0. The van der Waals surface area contributed by atoms with E-state index >= 15 is 0 Å². The highest BCUT2D eigenvalue weighted by Gasteiger charge is 2.63. The standard InChI is InChI=1S/C25H34O4/c1-25(2,3)29-24(27)17-8-15-7-14(17)11-20(15)28-23(26)19-10-16-9-18(19)22-13-5-4-12(6-13)21(16)22/h4-5,12-22H,6-11H2,1-3H3. The molecule has 0 spiro atoms. The molecule has 158 valence electrons. The van der Waals surface area contributed by atoms with Gasteiger partial charge in [0.05, 0.1) is 11.8 Å². The fraction of sp³-hybridized carbons (Fsp3) is 0.840. The molecule has 11 unspecified atom stereocenters. The van der Waals surface area contributed by atoms with Crippen molar-refractivity contribution in [2.24, 2.45) is 59.2 Å². The lowest BCUT2D eigenvalue weighted by atomic mass is 9.69. The van der Waals surface area contributed by atoms with Crippen LogP contribution < -0.4 is 0 Å². The predicted molar refractivity (Wildman–Crippen MR) is 107 cm³/mol. The predicted octanol–water partition coefficient (Wildman–Crippen LogP) is 4.38. The van der Waals surface area contributed by atoms with Crippen LogP contribution in [0.1, 0.15) is 59.3 Å². The van der Waals surface area contributed by atoms with Crippen LogP contribution in [0, 0.1) is 59.2 Å². The van der Waals surface area contributed by atoms with Crippen molar-refractivity contribution in [3.8, 4) is 0 Å². The Labute approximate surface area is 173 Å². The topological polar surface area (TPSA) is 52.6 Å². The lowest BCUT2D eigenvalue weighted by Gasteiger charge is -2.36. The zero-order valence-corrected chi connectivity index (χ0v) is 17.9. The average Bonchev–Trinajstić information content (AvgIpc) is 3.46. The van der Waals surface area contributed by atoms with Crippen LogP contribution in [0.3, 0.4) is 0 Å². The average molecular weight is 399 g/mol. The molecular formula is C25H34O4. The van der Waals surface area contributed by atoms with E-state index in [0.29, 0.717) is 17.8 Å². The van der Waals surface area contributed by atoms with Crippen LogP contribution >= 0.6 is 0 Å². The third-order valence-electron chi connectivity index (χ3n) is 9.34. The Morgan fingerprint density at radius 3 is 2.17 bits per heavy atom. The third kappa shape index (κ3) is 2.76. The first-order valence-electron chi connectivity index (χ1n) is 11.9. The molecule has 4 nitrogen and oxygen atoms in total. The Hall–Kier alpha value is -1.32. The number of rotatable bonds is 3. The Bertz CT molecular complexity index is 763. The maximum absolute atomic E-state index is 13.1. The molecule has 0 saturated heterocycles. The largest absolute Gasteiger partial charge is 0.462 e. The van der Waals surface area contributed by atoms with Crippen LogP contribution in [0.4, 0.5) is 0 Å². The first-order valence-corrected chi connectivity index (χ1v) is 11.9. The number of carbonyl (C=O) groups is 2. The highest BCUT2D eigenvalue weighted by atomic mass is 16.6. The molecule has 11 atom stereocenters. The molecule has 6 bridgehead atoms. The van der Waals surface area contributed by atoms with E-state index in [9.17, 15) is 9.59 Å². The van der Waals surface area contributed by atoms with Crippen LogP contribution in [0.15, 0.2) is 12.2 Å². The summed E-state index contributed by atoms with van der Waals surface area (Å²) in [6, 6.07) is 0. The molecule has 0 aromatic heterocycles. The van der Waals surface area contributed by atoms with Gasteiger partial charge in [-0.05, 0) is 107 Å². The number of carbonyl (C=O) groups excluding carboxylic acids is 2. The molecule has 29 heavy (non-hydrogen) atoms. The van der Waals surface area contributed by atoms with Crippen LogP contribution in [-0.4, -0.2) is 23.6 Å². The van der Waals surface area contributed by atoms with E-state index in [1.165, 1.54) is 12.8 Å². The molecule has 0 heterocycles. The van der Waals surface area contributed by atoms with Crippen LogP contribution in [0.2, 0.25) is 0 Å². The third-order valence-corrected chi connectivity index (χ3v) is 9.34. The van der Waals surface area contributed by atoms with Crippen molar-refractivity contribution in [2.45, 2.75) is 71.0 Å². The molecule has 4 heteroatoms. The van der Waals surface area contributed by atoms with Gasteiger partial charge in [0.15, 0.2) is 0 Å². The monoisotopic (exact) mass is 398 g/mol. The molecule has 0 aliphatic heterocycles. The summed E-state index contributed by atoms with van der Waals surface area (Å²) in [7, 11) is 0. The van der Waals surface area contributed by atoms with Crippen molar-refractivity contribution in [3.63, 3.8) is 0 Å². The molecule has 0 amide bonds. The number of fused-ring (bicyclic) bond motifs is 11. The van der Waals surface area contributed by atoms with Gasteiger partial charge < -0.3 is 9.47 Å². The van der Waals surface area contributed by atoms with Gasteiger partial charge in [-0.25, -0.2) is 0 Å². The first-order chi connectivity index (χ1) is 13.8. The van der Waals surface area contributed by atoms with Gasteiger partial charge in [0.25, 0.3) is 0 Å². The second kappa shape index (κ2) is 6.11. The first kappa shape index (κ1) is 18.4. The van der Waals surface area contributed by atoms with Crippen LogP contribution in [0.25, 0.3) is 0 Å². The number of esters is 2. The fourth-order valence-electron chi connectivity index (χ4n) is 8.56. The fourth-order valence-corrected chi connectivity index (χ4v) is 8.56.